The molecule has 1 saturated carbocycles. The molecule has 8 N–H and O–H groups in total. The number of Topliss-reactive ketones (excluding diaryl/α,β-unsaturated/α-hetero) is 1. The second-order valence-electron chi connectivity index (χ2n) is 18.1. The van der Waals surface area contributed by atoms with E-state index in [4.69, 9.17) is 14.5 Å². The van der Waals surface area contributed by atoms with Crippen LogP contribution < -0.4 is 20.1 Å². The highest BCUT2D eigenvalue weighted by molar-refractivity contribution is 5.93. The third-order valence-corrected chi connectivity index (χ3v) is 14.4. The van der Waals surface area contributed by atoms with E-state index in [-0.39, 0.29) is 52.8 Å². The van der Waals surface area contributed by atoms with Crippen LogP contribution in [-0.2, 0) is 29.5 Å². The van der Waals surface area contributed by atoms with Crippen LogP contribution in [0, 0.1) is 11.8 Å². The van der Waals surface area contributed by atoms with E-state index >= 15 is 4.79 Å². The van der Waals surface area contributed by atoms with Gasteiger partial charge in [0.2, 0.25) is 5.75 Å². The fourth-order valence-electron chi connectivity index (χ4n) is 11.6. The van der Waals surface area contributed by atoms with Crippen molar-refractivity contribution in [1.29, 1.82) is 0 Å². The number of carbonyl (C=O) groups excluding carboxylic acids is 1. The van der Waals surface area contributed by atoms with Gasteiger partial charge in [-0.2, -0.15) is 0 Å². The molecule has 1 fully saturated rings. The number of hydrogen-bond acceptors (Lipinski definition) is 11. The van der Waals surface area contributed by atoms with Gasteiger partial charge in [0.1, 0.15) is 17.4 Å². The van der Waals surface area contributed by atoms with Crippen molar-refractivity contribution in [2.75, 3.05) is 32.6 Å². The van der Waals surface area contributed by atoms with Gasteiger partial charge in [-0.1, -0.05) is 24.6 Å². The summed E-state index contributed by atoms with van der Waals surface area (Å²) in [7, 11) is 3.32. The SMILES string of the molecule is CNC[C@@H]1C[C@H](c2cc(O)c(O)c(OC)c2)CC(=O)[C@H]([C@H](O)CCc2ccc(O)c3c2CCCO3)[C@]2(CCC[C@@H]2Cc2ccc[nH]2)c2ccnc(c2)Nc2ccc3cc(O)ccc3c21. The molecule has 2 bridgehead atoms. The first-order valence-corrected chi connectivity index (χ1v) is 22.6. The number of aliphatic hydroxyl groups excluding tert-OH is 1. The number of phenols is 4. The fourth-order valence-corrected chi connectivity index (χ4v) is 11.6. The lowest BCUT2D eigenvalue weighted by molar-refractivity contribution is -0.132. The first kappa shape index (κ1) is 43.0. The molecule has 12 nitrogen and oxygen atoms in total. The molecule has 2 aromatic heterocycles. The lowest BCUT2D eigenvalue weighted by Gasteiger charge is -2.45. The molecule has 1 spiro atoms. The number of ether oxygens (including phenoxy) is 2. The number of aromatic amines is 1. The number of phenolic OH excluding ortho intramolecular Hbond substituents is 4. The van der Waals surface area contributed by atoms with Gasteiger partial charge in [0.15, 0.2) is 23.0 Å². The molecule has 0 saturated heterocycles. The zero-order chi connectivity index (χ0) is 44.5. The van der Waals surface area contributed by atoms with Gasteiger partial charge in [-0.25, -0.2) is 4.98 Å². The van der Waals surface area contributed by atoms with Crippen LogP contribution in [0.3, 0.4) is 0 Å². The predicted molar refractivity (Wildman–Crippen MR) is 246 cm³/mol. The van der Waals surface area contributed by atoms with Crippen LogP contribution in [0.5, 0.6) is 34.5 Å². The first-order chi connectivity index (χ1) is 31.1. The van der Waals surface area contributed by atoms with Crippen molar-refractivity contribution >= 4 is 28.1 Å². The molecule has 334 valence electrons. The number of nitrogens with one attached hydrogen (secondary N) is 3. The Labute approximate surface area is 373 Å². The molecule has 2 aliphatic heterocycles. The Hall–Kier alpha value is -6.24. The van der Waals surface area contributed by atoms with Crippen molar-refractivity contribution in [2.24, 2.45) is 11.8 Å². The average Bonchev–Trinajstić information content (AvgIpc) is 3.97. The van der Waals surface area contributed by atoms with Crippen molar-refractivity contribution in [3.63, 3.8) is 0 Å². The van der Waals surface area contributed by atoms with Gasteiger partial charge >= 0.3 is 0 Å². The number of anilines is 2. The Kier molecular flexibility index (Phi) is 12.2. The van der Waals surface area contributed by atoms with Crippen molar-refractivity contribution in [3.8, 4) is 34.5 Å². The van der Waals surface area contributed by atoms with Gasteiger partial charge in [0.25, 0.3) is 0 Å². The highest BCUT2D eigenvalue weighted by atomic mass is 16.5. The van der Waals surface area contributed by atoms with Gasteiger partial charge in [0, 0.05) is 47.7 Å². The van der Waals surface area contributed by atoms with E-state index in [1.807, 2.05) is 49.6 Å². The number of rotatable bonds is 10. The Morgan fingerprint density at radius 2 is 1.88 bits per heavy atom. The minimum Gasteiger partial charge on any atom is -0.508 e. The Bertz CT molecular complexity index is 2650. The second-order valence-corrected chi connectivity index (χ2v) is 18.1. The van der Waals surface area contributed by atoms with Crippen LogP contribution in [0.2, 0.25) is 0 Å². The monoisotopic (exact) mass is 866 g/mol. The number of hydrogen-bond donors (Lipinski definition) is 8. The lowest BCUT2D eigenvalue weighted by atomic mass is 9.58. The Morgan fingerprint density at radius 1 is 1.00 bits per heavy atom. The van der Waals surface area contributed by atoms with Gasteiger partial charge in [-0.05, 0) is 170 Å². The third kappa shape index (κ3) is 8.09. The topological polar surface area (TPSA) is 189 Å². The number of aryl methyl sites for hydroxylation is 1. The number of carbonyl (C=O) groups is 1. The highest BCUT2D eigenvalue weighted by Crippen LogP contribution is 2.56. The molecule has 0 unspecified atom stereocenters. The first-order valence-electron chi connectivity index (χ1n) is 22.6. The summed E-state index contributed by atoms with van der Waals surface area (Å²) >= 11 is 0. The van der Waals surface area contributed by atoms with E-state index < -0.39 is 23.4 Å². The molecule has 3 aliphatic rings. The standard InChI is InChI=1S/C52H58N4O8/c1-53-29-34-22-32(33-25-45(61)50(62)46(26-33)63-2)24-44(60)49(42(58)15-10-30-11-16-43(59)51-40(30)8-5-21-64-51)52(18-3-6-35(52)27-37-7-4-19-54-37)36-17-20-55-47(28-36)56-41-14-9-31-23-38(57)12-13-39(31)48(34)41/h4,7,9,11-14,16-17,19-20,23,25-26,28,32,34-35,42,49,53-54,57-59,61-62H,3,5-6,8,10,15,18,21-22,24,27,29H2,1-2H3,(H,55,56)/t32-,34-,35+,42+,49-,52-/m0/s1. The van der Waals surface area contributed by atoms with Crippen LogP contribution in [0.1, 0.15) is 90.3 Å². The average molecular weight is 867 g/mol. The molecule has 4 heterocycles. The number of methoxy groups -OCH3 is 1. The normalized spacial score (nSPS) is 22.6. The molecule has 64 heavy (non-hydrogen) atoms. The summed E-state index contributed by atoms with van der Waals surface area (Å²) in [6.07, 6.45) is 8.53. The maximum Gasteiger partial charge on any atom is 0.200 e. The van der Waals surface area contributed by atoms with Gasteiger partial charge < -0.3 is 50.6 Å². The molecule has 12 heteroatoms. The van der Waals surface area contributed by atoms with Crippen molar-refractivity contribution < 1.29 is 39.8 Å². The van der Waals surface area contributed by atoms with Crippen LogP contribution >= 0.6 is 0 Å². The molecule has 0 radical (unpaired) electrons. The van der Waals surface area contributed by atoms with Crippen molar-refractivity contribution in [1.82, 2.24) is 15.3 Å². The number of aromatic nitrogens is 2. The van der Waals surface area contributed by atoms with E-state index in [1.165, 1.54) is 13.2 Å². The Morgan fingerprint density at radius 3 is 2.69 bits per heavy atom. The maximum atomic E-state index is 16.1. The molecule has 6 atom stereocenters. The number of H-pyrrole nitrogens is 1. The number of nitrogens with zero attached hydrogens (tertiary/aromatic N) is 1. The van der Waals surface area contributed by atoms with E-state index in [2.05, 4.69) is 27.8 Å². The number of aromatic hydroxyl groups is 4. The predicted octanol–water partition coefficient (Wildman–Crippen LogP) is 8.80. The summed E-state index contributed by atoms with van der Waals surface area (Å²) in [5.74, 6) is -0.955. The lowest BCUT2D eigenvalue weighted by Crippen LogP contribution is -2.50. The molecule has 4 aromatic carbocycles. The van der Waals surface area contributed by atoms with Crippen molar-refractivity contribution in [2.45, 2.75) is 87.6 Å². The van der Waals surface area contributed by atoms with Crippen LogP contribution in [0.15, 0.2) is 91.3 Å². The smallest absolute Gasteiger partial charge is 0.200 e. The minimum atomic E-state index is -1.06. The largest absolute Gasteiger partial charge is 0.508 e. The van der Waals surface area contributed by atoms with Crippen molar-refractivity contribution in [3.05, 3.63) is 125 Å². The van der Waals surface area contributed by atoms with Crippen LogP contribution in [-0.4, -0.2) is 74.7 Å². The third-order valence-electron chi connectivity index (χ3n) is 14.4. The molecule has 1 aliphatic carbocycles. The summed E-state index contributed by atoms with van der Waals surface area (Å²) in [6, 6.07) is 24.3. The molecule has 6 aromatic rings. The summed E-state index contributed by atoms with van der Waals surface area (Å²) in [5.41, 5.74) is 5.56. The summed E-state index contributed by atoms with van der Waals surface area (Å²) in [6.45, 7) is 1.05. The molecule has 9 rings (SSSR count). The van der Waals surface area contributed by atoms with Gasteiger partial charge in [0.05, 0.1) is 25.7 Å². The van der Waals surface area contributed by atoms with Gasteiger partial charge in [-0.3, -0.25) is 4.79 Å². The molecular weight excluding hydrogens is 809 g/mol. The van der Waals surface area contributed by atoms with Gasteiger partial charge in [-0.15, -0.1) is 0 Å². The number of likely N-dealkylation sites (N-methyl/N-ethyl adjacent to an activating group) is 1. The number of fused-ring (bicyclic) bond motifs is 7. The van der Waals surface area contributed by atoms with E-state index in [9.17, 15) is 25.5 Å². The van der Waals surface area contributed by atoms with E-state index in [0.717, 1.165) is 70.1 Å². The van der Waals surface area contributed by atoms with Crippen LogP contribution in [0.25, 0.3) is 10.8 Å². The second kappa shape index (κ2) is 18.1. The van der Waals surface area contributed by atoms with E-state index in [0.29, 0.717) is 62.4 Å². The van der Waals surface area contributed by atoms with Crippen LogP contribution in [0.4, 0.5) is 11.5 Å². The number of ketones is 1. The Balaban J connectivity index is 1.24. The van der Waals surface area contributed by atoms with E-state index in [1.54, 1.807) is 30.5 Å². The highest BCUT2D eigenvalue weighted by Gasteiger charge is 2.55. The zero-order valence-corrected chi connectivity index (χ0v) is 36.4. The summed E-state index contributed by atoms with van der Waals surface area (Å²) in [4.78, 5) is 24.4. The fraction of sp³-hybridized carbons (Fsp3) is 0.385. The minimum absolute atomic E-state index is 0.0258. The quantitative estimate of drug-likeness (QED) is 0.0615. The number of aliphatic hydroxyl groups is 1. The number of benzene rings is 4. The number of pyridine rings is 1. The summed E-state index contributed by atoms with van der Waals surface area (Å²) in [5, 5.41) is 65.1. The molecule has 0 amide bonds. The molecular formula is C52H58N4O8. The summed E-state index contributed by atoms with van der Waals surface area (Å²) < 4.78 is 11.5. The maximum absolute atomic E-state index is 16.1. The zero-order valence-electron chi connectivity index (χ0n) is 36.4.